The van der Waals surface area contributed by atoms with Crippen molar-refractivity contribution in [3.63, 3.8) is 0 Å². The van der Waals surface area contributed by atoms with Crippen LogP contribution < -0.4 is 4.74 Å². The number of phenolic OH excluding ortho intramolecular Hbond substituents is 1. The highest BCUT2D eigenvalue weighted by atomic mass is 16.5. The standard InChI is InChI=1S/C9H8O4/c1-13-8-2-6(4-10)9(12)7(3-8)5-11/h2-5,12H,1H3. The first-order chi connectivity index (χ1) is 6.22. The lowest BCUT2D eigenvalue weighted by Gasteiger charge is -2.04. The number of aromatic hydroxyl groups is 1. The van der Waals surface area contributed by atoms with Gasteiger partial charge in [0.2, 0.25) is 0 Å². The van der Waals surface area contributed by atoms with E-state index in [2.05, 4.69) is 0 Å². The number of carbonyl (C=O) groups is 2. The summed E-state index contributed by atoms with van der Waals surface area (Å²) in [6.45, 7) is 0. The highest BCUT2D eigenvalue weighted by Gasteiger charge is 2.08. The van der Waals surface area contributed by atoms with E-state index in [-0.39, 0.29) is 16.9 Å². The first kappa shape index (κ1) is 9.25. The SMILES string of the molecule is COc1cc(C=O)c(O)c(C=O)c1. The van der Waals surface area contributed by atoms with Gasteiger partial charge in [0.15, 0.2) is 12.6 Å². The molecule has 0 aliphatic rings. The van der Waals surface area contributed by atoms with Gasteiger partial charge in [-0.2, -0.15) is 0 Å². The highest BCUT2D eigenvalue weighted by molar-refractivity contribution is 5.89. The molecule has 4 heteroatoms. The lowest BCUT2D eigenvalue weighted by molar-refractivity contribution is 0.111. The van der Waals surface area contributed by atoms with Gasteiger partial charge in [-0.1, -0.05) is 0 Å². The van der Waals surface area contributed by atoms with Crippen molar-refractivity contribution >= 4 is 12.6 Å². The second-order valence-corrected chi connectivity index (χ2v) is 2.39. The maximum atomic E-state index is 10.4. The van der Waals surface area contributed by atoms with Crippen molar-refractivity contribution in [1.82, 2.24) is 0 Å². The van der Waals surface area contributed by atoms with Gasteiger partial charge in [-0.25, -0.2) is 0 Å². The topological polar surface area (TPSA) is 63.6 Å². The molecule has 13 heavy (non-hydrogen) atoms. The first-order valence-electron chi connectivity index (χ1n) is 3.54. The van der Waals surface area contributed by atoms with E-state index in [9.17, 15) is 14.7 Å². The van der Waals surface area contributed by atoms with Gasteiger partial charge in [-0.15, -0.1) is 0 Å². The Kier molecular flexibility index (Phi) is 2.64. The van der Waals surface area contributed by atoms with E-state index in [1.807, 2.05) is 0 Å². The molecule has 0 aromatic heterocycles. The molecule has 0 saturated heterocycles. The Morgan fingerprint density at radius 3 is 2.00 bits per heavy atom. The van der Waals surface area contributed by atoms with Crippen LogP contribution in [-0.4, -0.2) is 24.8 Å². The van der Waals surface area contributed by atoms with E-state index in [1.165, 1.54) is 19.2 Å². The summed E-state index contributed by atoms with van der Waals surface area (Å²) in [6, 6.07) is 2.71. The maximum Gasteiger partial charge on any atom is 0.153 e. The van der Waals surface area contributed by atoms with Crippen LogP contribution in [0.1, 0.15) is 20.7 Å². The lowest BCUT2D eigenvalue weighted by Crippen LogP contribution is -1.91. The largest absolute Gasteiger partial charge is 0.506 e. The molecule has 0 radical (unpaired) electrons. The average molecular weight is 180 g/mol. The van der Waals surface area contributed by atoms with Crippen LogP contribution in [0.15, 0.2) is 12.1 Å². The van der Waals surface area contributed by atoms with Crippen molar-refractivity contribution in [1.29, 1.82) is 0 Å². The molecule has 4 nitrogen and oxygen atoms in total. The molecule has 0 saturated carbocycles. The Morgan fingerprint density at radius 2 is 1.69 bits per heavy atom. The number of carbonyl (C=O) groups excluding carboxylic acids is 2. The number of hydrogen-bond acceptors (Lipinski definition) is 4. The number of benzene rings is 1. The molecule has 0 bridgehead atoms. The highest BCUT2D eigenvalue weighted by Crippen LogP contribution is 2.25. The molecular weight excluding hydrogens is 172 g/mol. The molecule has 1 aromatic carbocycles. The fraction of sp³-hybridized carbons (Fsp3) is 0.111. The third-order valence-electron chi connectivity index (χ3n) is 1.63. The fourth-order valence-corrected chi connectivity index (χ4v) is 0.949. The maximum absolute atomic E-state index is 10.4. The van der Waals surface area contributed by atoms with Gasteiger partial charge in [-0.3, -0.25) is 9.59 Å². The number of aldehydes is 2. The van der Waals surface area contributed by atoms with Crippen LogP contribution in [0.5, 0.6) is 11.5 Å². The summed E-state index contributed by atoms with van der Waals surface area (Å²) >= 11 is 0. The summed E-state index contributed by atoms with van der Waals surface area (Å²) in [5.74, 6) is 0.0489. The Hall–Kier alpha value is -1.84. The van der Waals surface area contributed by atoms with Crippen molar-refractivity contribution in [3.05, 3.63) is 23.3 Å². The van der Waals surface area contributed by atoms with Crippen LogP contribution in [0.2, 0.25) is 0 Å². The molecule has 1 N–H and O–H groups in total. The molecule has 0 aliphatic carbocycles. The second-order valence-electron chi connectivity index (χ2n) is 2.39. The number of phenols is 1. The minimum absolute atomic E-state index is 0.0430. The number of rotatable bonds is 3. The number of methoxy groups -OCH3 is 1. The number of ether oxygens (including phenoxy) is 1. The Morgan fingerprint density at radius 1 is 1.23 bits per heavy atom. The summed E-state index contributed by atoms with van der Waals surface area (Å²) in [5, 5.41) is 9.29. The summed E-state index contributed by atoms with van der Waals surface area (Å²) < 4.78 is 4.83. The van der Waals surface area contributed by atoms with E-state index in [0.717, 1.165) is 0 Å². The van der Waals surface area contributed by atoms with Crippen molar-refractivity contribution in [2.45, 2.75) is 0 Å². The van der Waals surface area contributed by atoms with E-state index >= 15 is 0 Å². The Bertz CT molecular complexity index is 314. The summed E-state index contributed by atoms with van der Waals surface area (Å²) in [6.07, 6.45) is 0.926. The van der Waals surface area contributed by atoms with Gasteiger partial charge in [0.25, 0.3) is 0 Å². The first-order valence-corrected chi connectivity index (χ1v) is 3.54. The summed E-state index contributed by atoms with van der Waals surface area (Å²) in [4.78, 5) is 20.9. The molecule has 0 unspecified atom stereocenters. The van der Waals surface area contributed by atoms with Gasteiger partial charge in [0.1, 0.15) is 11.5 Å². The van der Waals surface area contributed by atoms with Crippen LogP contribution >= 0.6 is 0 Å². The Balaban J connectivity index is 3.36. The van der Waals surface area contributed by atoms with Gasteiger partial charge in [0.05, 0.1) is 18.2 Å². The van der Waals surface area contributed by atoms with Crippen molar-refractivity contribution in [3.8, 4) is 11.5 Å². The van der Waals surface area contributed by atoms with Crippen molar-refractivity contribution in [2.75, 3.05) is 7.11 Å². The zero-order valence-electron chi connectivity index (χ0n) is 6.98. The van der Waals surface area contributed by atoms with Gasteiger partial charge in [0, 0.05) is 0 Å². The third-order valence-corrected chi connectivity index (χ3v) is 1.63. The molecule has 1 aromatic rings. The molecular formula is C9H8O4. The lowest BCUT2D eigenvalue weighted by atomic mass is 10.1. The second kappa shape index (κ2) is 3.71. The van der Waals surface area contributed by atoms with E-state index in [0.29, 0.717) is 18.3 Å². The van der Waals surface area contributed by atoms with Crippen LogP contribution in [0, 0.1) is 0 Å². The fourth-order valence-electron chi connectivity index (χ4n) is 0.949. The summed E-state index contributed by atoms with van der Waals surface area (Å²) in [5.41, 5.74) is 0.0860. The van der Waals surface area contributed by atoms with Crippen LogP contribution in [0.25, 0.3) is 0 Å². The quantitative estimate of drug-likeness (QED) is 0.705. The zero-order chi connectivity index (χ0) is 9.84. The molecule has 0 aliphatic heterocycles. The predicted octanol–water partition coefficient (Wildman–Crippen LogP) is 1.03. The molecule has 1 rings (SSSR count). The van der Waals surface area contributed by atoms with Crippen LogP contribution in [0.4, 0.5) is 0 Å². The number of hydrogen-bond donors (Lipinski definition) is 1. The van der Waals surface area contributed by atoms with Gasteiger partial charge < -0.3 is 9.84 Å². The summed E-state index contributed by atoms with van der Waals surface area (Å²) in [7, 11) is 1.41. The smallest absolute Gasteiger partial charge is 0.153 e. The third kappa shape index (κ3) is 1.66. The molecule has 0 fully saturated rings. The van der Waals surface area contributed by atoms with Crippen LogP contribution in [-0.2, 0) is 0 Å². The van der Waals surface area contributed by atoms with E-state index in [4.69, 9.17) is 4.74 Å². The Labute approximate surface area is 74.8 Å². The molecule has 0 heterocycles. The average Bonchev–Trinajstić information content (AvgIpc) is 2.18. The monoisotopic (exact) mass is 180 g/mol. The molecule has 0 amide bonds. The molecule has 68 valence electrons. The van der Waals surface area contributed by atoms with Crippen molar-refractivity contribution in [2.24, 2.45) is 0 Å². The van der Waals surface area contributed by atoms with Gasteiger partial charge in [-0.05, 0) is 12.1 Å². The normalized spacial score (nSPS) is 9.31. The minimum atomic E-state index is -0.314. The molecule has 0 spiro atoms. The molecule has 0 atom stereocenters. The minimum Gasteiger partial charge on any atom is -0.506 e. The van der Waals surface area contributed by atoms with E-state index < -0.39 is 0 Å². The van der Waals surface area contributed by atoms with Crippen molar-refractivity contribution < 1.29 is 19.4 Å². The van der Waals surface area contributed by atoms with E-state index in [1.54, 1.807) is 0 Å². The van der Waals surface area contributed by atoms with Gasteiger partial charge >= 0.3 is 0 Å². The zero-order valence-corrected chi connectivity index (χ0v) is 6.98. The van der Waals surface area contributed by atoms with Crippen LogP contribution in [0.3, 0.4) is 0 Å². The predicted molar refractivity (Wildman–Crippen MR) is 45.4 cm³/mol.